The summed E-state index contributed by atoms with van der Waals surface area (Å²) in [5, 5.41) is 13.7. The first-order valence-electron chi connectivity index (χ1n) is 7.14. The zero-order valence-corrected chi connectivity index (χ0v) is 13.2. The van der Waals surface area contributed by atoms with Crippen LogP contribution in [0.25, 0.3) is 0 Å². The fraction of sp³-hybridized carbons (Fsp3) is 0.562. The number of nitrogens with one attached hydrogen (secondary N) is 1. The molecule has 0 aliphatic heterocycles. The van der Waals surface area contributed by atoms with Crippen molar-refractivity contribution < 1.29 is 9.90 Å². The molecule has 2 N–H and O–H groups in total. The highest BCUT2D eigenvalue weighted by Crippen LogP contribution is 2.16. The summed E-state index contributed by atoms with van der Waals surface area (Å²) in [6.45, 7) is 6.03. The molecule has 0 saturated carbocycles. The molecule has 0 radical (unpaired) electrons. The Morgan fingerprint density at radius 3 is 2.60 bits per heavy atom. The Labute approximate surface area is 126 Å². The molecule has 0 aliphatic rings. The Morgan fingerprint density at radius 1 is 1.40 bits per heavy atom. The van der Waals surface area contributed by atoms with E-state index in [1.165, 1.54) is 0 Å². The third-order valence-electron chi connectivity index (χ3n) is 3.79. The molecule has 20 heavy (non-hydrogen) atoms. The summed E-state index contributed by atoms with van der Waals surface area (Å²) in [5.74, 6) is -0.184. The minimum Gasteiger partial charge on any atom is -0.388 e. The summed E-state index contributed by atoms with van der Waals surface area (Å²) in [6, 6.07) is 7.54. The SMILES string of the molecule is CCC(O)(CC)CNC(=O)C(C)Cc1cccc(Cl)c1. The molecule has 1 aromatic rings. The van der Waals surface area contributed by atoms with Gasteiger partial charge in [0.05, 0.1) is 5.60 Å². The molecule has 0 bridgehead atoms. The molecule has 0 aromatic heterocycles. The fourth-order valence-electron chi connectivity index (χ4n) is 2.04. The maximum Gasteiger partial charge on any atom is 0.223 e. The van der Waals surface area contributed by atoms with Gasteiger partial charge in [-0.3, -0.25) is 4.79 Å². The molecule has 1 rings (SSSR count). The van der Waals surface area contributed by atoms with E-state index < -0.39 is 5.60 Å². The average molecular weight is 298 g/mol. The first kappa shape index (κ1) is 17.0. The predicted molar refractivity (Wildman–Crippen MR) is 82.9 cm³/mol. The number of halogens is 1. The second-order valence-electron chi connectivity index (χ2n) is 5.38. The minimum absolute atomic E-state index is 0.0368. The number of hydrogen-bond donors (Lipinski definition) is 2. The highest BCUT2D eigenvalue weighted by atomic mass is 35.5. The summed E-state index contributed by atoms with van der Waals surface area (Å²) in [6.07, 6.45) is 1.90. The van der Waals surface area contributed by atoms with Gasteiger partial charge in [0.25, 0.3) is 0 Å². The van der Waals surface area contributed by atoms with Crippen LogP contribution >= 0.6 is 11.6 Å². The average Bonchev–Trinajstić information content (AvgIpc) is 2.44. The van der Waals surface area contributed by atoms with E-state index in [0.717, 1.165) is 5.56 Å². The maximum atomic E-state index is 12.1. The largest absolute Gasteiger partial charge is 0.388 e. The standard InChI is InChI=1S/C16H24ClNO2/c1-4-16(20,5-2)11-18-15(19)12(3)9-13-7-6-8-14(17)10-13/h6-8,10,12,20H,4-5,9,11H2,1-3H3,(H,18,19). The van der Waals surface area contributed by atoms with E-state index in [4.69, 9.17) is 11.6 Å². The molecule has 4 heteroatoms. The van der Waals surface area contributed by atoms with Crippen LogP contribution in [0.1, 0.15) is 39.2 Å². The first-order valence-corrected chi connectivity index (χ1v) is 7.52. The van der Waals surface area contributed by atoms with Crippen molar-refractivity contribution in [2.24, 2.45) is 5.92 Å². The minimum atomic E-state index is -0.800. The number of aliphatic hydroxyl groups is 1. The van der Waals surface area contributed by atoms with Crippen molar-refractivity contribution in [2.45, 2.75) is 45.6 Å². The molecule has 1 amide bonds. The maximum absolute atomic E-state index is 12.1. The molecule has 0 saturated heterocycles. The lowest BCUT2D eigenvalue weighted by Gasteiger charge is -2.26. The zero-order valence-electron chi connectivity index (χ0n) is 12.4. The number of hydrogen-bond acceptors (Lipinski definition) is 2. The van der Waals surface area contributed by atoms with E-state index in [-0.39, 0.29) is 11.8 Å². The van der Waals surface area contributed by atoms with Crippen LogP contribution in [0, 0.1) is 5.92 Å². The topological polar surface area (TPSA) is 49.3 Å². The number of benzene rings is 1. The molecule has 0 fully saturated rings. The van der Waals surface area contributed by atoms with Crippen molar-refractivity contribution in [3.05, 3.63) is 34.9 Å². The second kappa shape index (κ2) is 7.65. The van der Waals surface area contributed by atoms with Gasteiger partial charge in [0.1, 0.15) is 0 Å². The number of rotatable bonds is 7. The van der Waals surface area contributed by atoms with Gasteiger partial charge in [0.2, 0.25) is 5.91 Å². The van der Waals surface area contributed by atoms with Gasteiger partial charge in [-0.15, -0.1) is 0 Å². The van der Waals surface area contributed by atoms with Crippen LogP contribution in [0.4, 0.5) is 0 Å². The van der Waals surface area contributed by atoms with Crippen LogP contribution in [-0.4, -0.2) is 23.2 Å². The molecule has 0 spiro atoms. The lowest BCUT2D eigenvalue weighted by atomic mass is 9.96. The van der Waals surface area contributed by atoms with Gasteiger partial charge in [0, 0.05) is 17.5 Å². The van der Waals surface area contributed by atoms with Crippen molar-refractivity contribution in [2.75, 3.05) is 6.54 Å². The van der Waals surface area contributed by atoms with Crippen LogP contribution in [0.15, 0.2) is 24.3 Å². The number of carbonyl (C=O) groups is 1. The highest BCUT2D eigenvalue weighted by molar-refractivity contribution is 6.30. The van der Waals surface area contributed by atoms with Gasteiger partial charge in [-0.2, -0.15) is 0 Å². The monoisotopic (exact) mass is 297 g/mol. The fourth-order valence-corrected chi connectivity index (χ4v) is 2.25. The molecule has 0 heterocycles. The molecule has 1 aromatic carbocycles. The Balaban J connectivity index is 2.51. The van der Waals surface area contributed by atoms with Crippen molar-refractivity contribution in [3.8, 4) is 0 Å². The predicted octanol–water partition coefficient (Wildman–Crippen LogP) is 3.19. The molecular weight excluding hydrogens is 274 g/mol. The van der Waals surface area contributed by atoms with Crippen molar-refractivity contribution in [1.82, 2.24) is 5.32 Å². The molecule has 112 valence electrons. The number of carbonyl (C=O) groups excluding carboxylic acids is 1. The van der Waals surface area contributed by atoms with Gasteiger partial charge in [-0.1, -0.05) is 44.5 Å². The van der Waals surface area contributed by atoms with Crippen LogP contribution in [0.3, 0.4) is 0 Å². The van der Waals surface area contributed by atoms with E-state index >= 15 is 0 Å². The van der Waals surface area contributed by atoms with Gasteiger partial charge in [-0.05, 0) is 37.0 Å². The smallest absolute Gasteiger partial charge is 0.223 e. The molecule has 3 nitrogen and oxygen atoms in total. The number of amides is 1. The lowest BCUT2D eigenvalue weighted by Crippen LogP contribution is -2.43. The van der Waals surface area contributed by atoms with E-state index in [9.17, 15) is 9.90 Å². The molecular formula is C16H24ClNO2. The van der Waals surface area contributed by atoms with Crippen molar-refractivity contribution in [3.63, 3.8) is 0 Å². The summed E-state index contributed by atoms with van der Waals surface area (Å²) in [5.41, 5.74) is 0.243. The van der Waals surface area contributed by atoms with Crippen LogP contribution < -0.4 is 5.32 Å². The van der Waals surface area contributed by atoms with E-state index in [1.807, 2.05) is 45.0 Å². The Hall–Kier alpha value is -1.06. The molecule has 1 atom stereocenters. The van der Waals surface area contributed by atoms with Gasteiger partial charge in [0.15, 0.2) is 0 Å². The third kappa shape index (κ3) is 5.14. The quantitative estimate of drug-likeness (QED) is 0.812. The zero-order chi connectivity index (χ0) is 15.2. The highest BCUT2D eigenvalue weighted by Gasteiger charge is 2.24. The van der Waals surface area contributed by atoms with Crippen LogP contribution in [0.5, 0.6) is 0 Å². The summed E-state index contributed by atoms with van der Waals surface area (Å²) in [4.78, 5) is 12.1. The molecule has 0 aliphatic carbocycles. The van der Waals surface area contributed by atoms with E-state index in [0.29, 0.717) is 30.8 Å². The third-order valence-corrected chi connectivity index (χ3v) is 4.02. The van der Waals surface area contributed by atoms with Crippen molar-refractivity contribution >= 4 is 17.5 Å². The second-order valence-corrected chi connectivity index (χ2v) is 5.82. The lowest BCUT2D eigenvalue weighted by molar-refractivity contribution is -0.125. The Kier molecular flexibility index (Phi) is 6.50. The van der Waals surface area contributed by atoms with Gasteiger partial charge in [-0.25, -0.2) is 0 Å². The van der Waals surface area contributed by atoms with Crippen LogP contribution in [0.2, 0.25) is 5.02 Å². The summed E-state index contributed by atoms with van der Waals surface area (Å²) < 4.78 is 0. The molecule has 1 unspecified atom stereocenters. The van der Waals surface area contributed by atoms with Gasteiger partial charge < -0.3 is 10.4 Å². The van der Waals surface area contributed by atoms with Crippen LogP contribution in [-0.2, 0) is 11.2 Å². The first-order chi connectivity index (χ1) is 9.40. The van der Waals surface area contributed by atoms with E-state index in [2.05, 4.69) is 5.32 Å². The van der Waals surface area contributed by atoms with E-state index in [1.54, 1.807) is 0 Å². The normalized spacial score (nSPS) is 13.1. The Morgan fingerprint density at radius 2 is 2.05 bits per heavy atom. The summed E-state index contributed by atoms with van der Waals surface area (Å²) in [7, 11) is 0. The summed E-state index contributed by atoms with van der Waals surface area (Å²) >= 11 is 5.93. The Bertz CT molecular complexity index is 444. The van der Waals surface area contributed by atoms with Gasteiger partial charge >= 0.3 is 0 Å². The van der Waals surface area contributed by atoms with Crippen molar-refractivity contribution in [1.29, 1.82) is 0 Å².